The fourth-order valence-corrected chi connectivity index (χ4v) is 2.39. The van der Waals surface area contributed by atoms with E-state index in [1.807, 2.05) is 6.26 Å². The van der Waals surface area contributed by atoms with Gasteiger partial charge in [0.15, 0.2) is 5.16 Å². The molecule has 0 aliphatic carbocycles. The predicted octanol–water partition coefficient (Wildman–Crippen LogP) is 4.82. The minimum absolute atomic E-state index is 0.159. The molecule has 0 saturated heterocycles. The first-order valence-corrected chi connectivity index (χ1v) is 7.70. The van der Waals surface area contributed by atoms with Gasteiger partial charge in [-0.1, -0.05) is 68.4 Å². The molecule has 1 aromatic heterocycles. The van der Waals surface area contributed by atoms with Gasteiger partial charge in [0.25, 0.3) is 0 Å². The largest absolute Gasteiger partial charge is 0.222 e. The molecular weight excluding hydrogens is 276 g/mol. The van der Waals surface area contributed by atoms with Crippen LogP contribution < -0.4 is 0 Å². The van der Waals surface area contributed by atoms with Crippen LogP contribution in [0.15, 0.2) is 35.5 Å². The number of halogens is 1. The zero-order valence-corrected chi connectivity index (χ0v) is 13.1. The van der Waals surface area contributed by atoms with E-state index >= 15 is 0 Å². The Hall–Kier alpha value is -1.06. The molecule has 0 saturated carbocycles. The number of nitrogens with zero attached hydrogens (tertiary/aromatic N) is 2. The van der Waals surface area contributed by atoms with E-state index in [9.17, 15) is 0 Å². The van der Waals surface area contributed by atoms with Crippen LogP contribution in [0.4, 0.5) is 0 Å². The van der Waals surface area contributed by atoms with Gasteiger partial charge in [-0.15, -0.1) is 0 Å². The van der Waals surface area contributed by atoms with Crippen LogP contribution in [0.3, 0.4) is 0 Å². The average Bonchev–Trinajstić information content (AvgIpc) is 2.37. The van der Waals surface area contributed by atoms with E-state index < -0.39 is 0 Å². The lowest BCUT2D eigenvalue weighted by molar-refractivity contribution is 0.590. The zero-order valence-electron chi connectivity index (χ0n) is 11.6. The summed E-state index contributed by atoms with van der Waals surface area (Å²) in [5, 5.41) is 1.18. The van der Waals surface area contributed by atoms with E-state index in [0.29, 0.717) is 10.3 Å². The quantitative estimate of drug-likeness (QED) is 0.451. The second-order valence-electron chi connectivity index (χ2n) is 5.39. The number of aromatic nitrogens is 2. The summed E-state index contributed by atoms with van der Waals surface area (Å²) in [6.45, 7) is 6.61. The van der Waals surface area contributed by atoms with Gasteiger partial charge in [-0.05, 0) is 17.2 Å². The molecule has 0 unspecified atom stereocenters. The Balaban J connectivity index is 2.40. The second kappa shape index (κ2) is 5.51. The fraction of sp³-hybridized carbons (Fsp3) is 0.333. The molecule has 0 N–H and O–H groups in total. The smallest absolute Gasteiger partial charge is 0.189 e. The maximum Gasteiger partial charge on any atom is 0.189 e. The van der Waals surface area contributed by atoms with Crippen molar-refractivity contribution in [3.05, 3.63) is 41.0 Å². The van der Waals surface area contributed by atoms with Crippen LogP contribution in [0, 0.1) is 0 Å². The molecule has 100 valence electrons. The van der Waals surface area contributed by atoms with Gasteiger partial charge in [0, 0.05) is 11.6 Å². The molecule has 0 amide bonds. The molecule has 0 radical (unpaired) electrons. The Morgan fingerprint density at radius 3 is 2.21 bits per heavy atom. The monoisotopic (exact) mass is 292 g/mol. The maximum absolute atomic E-state index is 6.02. The van der Waals surface area contributed by atoms with Gasteiger partial charge < -0.3 is 0 Å². The first-order chi connectivity index (χ1) is 8.90. The molecule has 0 aliphatic heterocycles. The SMILES string of the molecule is CSc1nc(Cl)cc(-c2ccc(C(C)(C)C)cc2)n1. The van der Waals surface area contributed by atoms with Gasteiger partial charge in [0.2, 0.25) is 0 Å². The highest BCUT2D eigenvalue weighted by Gasteiger charge is 2.13. The molecule has 1 aromatic carbocycles. The Labute approximate surface area is 123 Å². The Bertz CT molecular complexity index is 574. The van der Waals surface area contributed by atoms with Gasteiger partial charge in [0.05, 0.1) is 5.69 Å². The van der Waals surface area contributed by atoms with E-state index in [2.05, 4.69) is 55.0 Å². The zero-order chi connectivity index (χ0) is 14.0. The molecule has 4 heteroatoms. The summed E-state index contributed by atoms with van der Waals surface area (Å²) in [4.78, 5) is 8.63. The van der Waals surface area contributed by atoms with Crippen LogP contribution in [0.2, 0.25) is 5.15 Å². The summed E-state index contributed by atoms with van der Waals surface area (Å²) < 4.78 is 0. The van der Waals surface area contributed by atoms with Crippen molar-refractivity contribution in [1.82, 2.24) is 9.97 Å². The summed E-state index contributed by atoms with van der Waals surface area (Å²) in [6, 6.07) is 10.3. The normalized spacial score (nSPS) is 11.6. The highest BCUT2D eigenvalue weighted by atomic mass is 35.5. The lowest BCUT2D eigenvalue weighted by Crippen LogP contribution is -2.10. The topological polar surface area (TPSA) is 25.8 Å². The highest BCUT2D eigenvalue weighted by molar-refractivity contribution is 7.98. The number of rotatable bonds is 2. The third kappa shape index (κ3) is 3.48. The Morgan fingerprint density at radius 1 is 1.05 bits per heavy atom. The lowest BCUT2D eigenvalue weighted by atomic mass is 9.86. The van der Waals surface area contributed by atoms with Gasteiger partial charge in [-0.3, -0.25) is 0 Å². The summed E-state index contributed by atoms with van der Waals surface area (Å²) >= 11 is 7.51. The minimum atomic E-state index is 0.159. The number of thioether (sulfide) groups is 1. The van der Waals surface area contributed by atoms with Gasteiger partial charge >= 0.3 is 0 Å². The van der Waals surface area contributed by atoms with Crippen LogP contribution in [-0.4, -0.2) is 16.2 Å². The molecule has 0 fully saturated rings. The highest BCUT2D eigenvalue weighted by Crippen LogP contribution is 2.27. The van der Waals surface area contributed by atoms with Crippen molar-refractivity contribution in [2.75, 3.05) is 6.26 Å². The maximum atomic E-state index is 6.02. The second-order valence-corrected chi connectivity index (χ2v) is 6.55. The lowest BCUT2D eigenvalue weighted by Gasteiger charge is -2.19. The minimum Gasteiger partial charge on any atom is -0.222 e. The van der Waals surface area contributed by atoms with Gasteiger partial charge in [0.1, 0.15) is 5.15 Å². The fourth-order valence-electron chi connectivity index (χ4n) is 1.78. The molecule has 2 nitrogen and oxygen atoms in total. The van der Waals surface area contributed by atoms with Crippen LogP contribution in [0.1, 0.15) is 26.3 Å². The Kier molecular flexibility index (Phi) is 4.16. The number of hydrogen-bond donors (Lipinski definition) is 0. The van der Waals surface area contributed by atoms with E-state index in [0.717, 1.165) is 11.3 Å². The van der Waals surface area contributed by atoms with Gasteiger partial charge in [-0.2, -0.15) is 0 Å². The van der Waals surface area contributed by atoms with E-state index in [1.54, 1.807) is 6.07 Å². The van der Waals surface area contributed by atoms with E-state index in [1.165, 1.54) is 17.3 Å². The average molecular weight is 293 g/mol. The predicted molar refractivity (Wildman–Crippen MR) is 83.0 cm³/mol. The van der Waals surface area contributed by atoms with Crippen LogP contribution in [-0.2, 0) is 5.41 Å². The van der Waals surface area contributed by atoms with Crippen molar-refractivity contribution in [3.63, 3.8) is 0 Å². The third-order valence-corrected chi connectivity index (χ3v) is 3.64. The van der Waals surface area contributed by atoms with Crippen LogP contribution >= 0.6 is 23.4 Å². The molecule has 19 heavy (non-hydrogen) atoms. The number of hydrogen-bond acceptors (Lipinski definition) is 3. The standard InChI is InChI=1S/C15H17ClN2S/c1-15(2,3)11-7-5-10(6-8-11)12-9-13(16)18-14(17-12)19-4/h5-9H,1-4H3. The summed E-state index contributed by atoms with van der Waals surface area (Å²) in [5.74, 6) is 0. The molecule has 1 heterocycles. The van der Waals surface area contributed by atoms with Crippen molar-refractivity contribution in [1.29, 1.82) is 0 Å². The van der Waals surface area contributed by atoms with Crippen molar-refractivity contribution < 1.29 is 0 Å². The molecule has 0 aliphatic rings. The van der Waals surface area contributed by atoms with Crippen molar-refractivity contribution >= 4 is 23.4 Å². The van der Waals surface area contributed by atoms with Crippen molar-refractivity contribution in [2.45, 2.75) is 31.3 Å². The molecule has 0 atom stereocenters. The van der Waals surface area contributed by atoms with Crippen LogP contribution in [0.25, 0.3) is 11.3 Å². The first kappa shape index (κ1) is 14.4. The first-order valence-electron chi connectivity index (χ1n) is 6.09. The molecule has 2 rings (SSSR count). The van der Waals surface area contributed by atoms with E-state index in [4.69, 9.17) is 11.6 Å². The molecule has 2 aromatic rings. The van der Waals surface area contributed by atoms with Crippen molar-refractivity contribution in [2.24, 2.45) is 0 Å². The summed E-state index contributed by atoms with van der Waals surface area (Å²) in [7, 11) is 0. The van der Waals surface area contributed by atoms with Gasteiger partial charge in [-0.25, -0.2) is 9.97 Å². The Morgan fingerprint density at radius 2 is 1.68 bits per heavy atom. The van der Waals surface area contributed by atoms with Crippen molar-refractivity contribution in [3.8, 4) is 11.3 Å². The third-order valence-electron chi connectivity index (χ3n) is 2.90. The summed E-state index contributed by atoms with van der Waals surface area (Å²) in [5.41, 5.74) is 3.39. The summed E-state index contributed by atoms with van der Waals surface area (Å²) in [6.07, 6.45) is 1.94. The molecule has 0 spiro atoms. The molecule has 0 bridgehead atoms. The number of benzene rings is 1. The van der Waals surface area contributed by atoms with Crippen LogP contribution in [0.5, 0.6) is 0 Å². The van der Waals surface area contributed by atoms with E-state index in [-0.39, 0.29) is 5.41 Å². The molecular formula is C15H17ClN2S.